The van der Waals surface area contributed by atoms with Crippen LogP contribution in [-0.4, -0.2) is 14.8 Å². The SMILES string of the molecule is Cc1nn(C)c(C)c1Oc1ncc(Cl)cc1Br. The first-order chi connectivity index (χ1) is 7.99. The van der Waals surface area contributed by atoms with Crippen LogP contribution in [0, 0.1) is 13.8 Å². The van der Waals surface area contributed by atoms with Crippen molar-refractivity contribution >= 4 is 27.5 Å². The molecule has 0 N–H and O–H groups in total. The predicted octanol–water partition coefficient (Wildman–Crippen LogP) is 3.64. The van der Waals surface area contributed by atoms with Gasteiger partial charge in [-0.05, 0) is 35.8 Å². The quantitative estimate of drug-likeness (QED) is 0.849. The van der Waals surface area contributed by atoms with Gasteiger partial charge >= 0.3 is 0 Å². The van der Waals surface area contributed by atoms with Gasteiger partial charge in [0.1, 0.15) is 5.69 Å². The van der Waals surface area contributed by atoms with Crippen molar-refractivity contribution in [3.05, 3.63) is 33.1 Å². The van der Waals surface area contributed by atoms with Gasteiger partial charge in [-0.25, -0.2) is 4.98 Å². The molecule has 6 heteroatoms. The van der Waals surface area contributed by atoms with Crippen molar-refractivity contribution in [1.82, 2.24) is 14.8 Å². The number of hydrogen-bond donors (Lipinski definition) is 0. The number of nitrogens with zero attached hydrogens (tertiary/aromatic N) is 3. The molecule has 0 radical (unpaired) electrons. The van der Waals surface area contributed by atoms with Gasteiger partial charge in [0.05, 0.1) is 15.2 Å². The maximum atomic E-state index is 5.82. The normalized spacial score (nSPS) is 10.6. The van der Waals surface area contributed by atoms with Gasteiger partial charge in [-0.2, -0.15) is 5.10 Å². The van der Waals surface area contributed by atoms with E-state index in [0.29, 0.717) is 15.4 Å². The summed E-state index contributed by atoms with van der Waals surface area (Å²) >= 11 is 9.18. The zero-order valence-corrected chi connectivity index (χ0v) is 12.0. The van der Waals surface area contributed by atoms with Crippen LogP contribution >= 0.6 is 27.5 Å². The fourth-order valence-electron chi connectivity index (χ4n) is 1.48. The van der Waals surface area contributed by atoms with Gasteiger partial charge in [0.2, 0.25) is 5.88 Å². The van der Waals surface area contributed by atoms with Crippen LogP contribution in [0.2, 0.25) is 5.02 Å². The highest BCUT2D eigenvalue weighted by atomic mass is 79.9. The van der Waals surface area contributed by atoms with Gasteiger partial charge in [-0.3, -0.25) is 4.68 Å². The van der Waals surface area contributed by atoms with Crippen LogP contribution in [0.25, 0.3) is 0 Å². The molecule has 2 rings (SSSR count). The van der Waals surface area contributed by atoms with E-state index in [9.17, 15) is 0 Å². The monoisotopic (exact) mass is 315 g/mol. The third kappa shape index (κ3) is 2.45. The highest BCUT2D eigenvalue weighted by molar-refractivity contribution is 9.10. The summed E-state index contributed by atoms with van der Waals surface area (Å²) in [5.74, 6) is 1.21. The molecule has 17 heavy (non-hydrogen) atoms. The van der Waals surface area contributed by atoms with E-state index in [1.165, 1.54) is 0 Å². The number of ether oxygens (including phenoxy) is 1. The molecule has 0 aliphatic heterocycles. The highest BCUT2D eigenvalue weighted by Crippen LogP contribution is 2.32. The lowest BCUT2D eigenvalue weighted by atomic mass is 10.3. The molecular weight excluding hydrogens is 305 g/mol. The molecule has 2 aromatic heterocycles. The Kier molecular flexibility index (Phi) is 3.40. The van der Waals surface area contributed by atoms with Gasteiger partial charge in [-0.1, -0.05) is 11.6 Å². The summed E-state index contributed by atoms with van der Waals surface area (Å²) in [4.78, 5) is 4.13. The van der Waals surface area contributed by atoms with E-state index in [2.05, 4.69) is 26.0 Å². The van der Waals surface area contributed by atoms with Crippen molar-refractivity contribution in [2.75, 3.05) is 0 Å². The van der Waals surface area contributed by atoms with Gasteiger partial charge in [0, 0.05) is 13.2 Å². The van der Waals surface area contributed by atoms with Gasteiger partial charge in [0.25, 0.3) is 0 Å². The summed E-state index contributed by atoms with van der Waals surface area (Å²) in [6.07, 6.45) is 1.54. The molecule has 0 aliphatic carbocycles. The van der Waals surface area contributed by atoms with Gasteiger partial charge in [-0.15, -0.1) is 0 Å². The molecule has 0 aromatic carbocycles. The summed E-state index contributed by atoms with van der Waals surface area (Å²) in [6, 6.07) is 1.74. The number of hydrogen-bond acceptors (Lipinski definition) is 3. The molecule has 0 saturated carbocycles. The Bertz CT molecular complexity index is 568. The number of aryl methyl sites for hydroxylation is 2. The van der Waals surface area contributed by atoms with Crippen molar-refractivity contribution in [1.29, 1.82) is 0 Å². The average Bonchev–Trinajstić information content (AvgIpc) is 2.48. The molecule has 0 spiro atoms. The predicted molar refractivity (Wildman–Crippen MR) is 69.7 cm³/mol. The van der Waals surface area contributed by atoms with Crippen LogP contribution in [0.3, 0.4) is 0 Å². The second kappa shape index (κ2) is 4.66. The standard InChI is InChI=1S/C11H11BrClN3O/c1-6-10(7(2)16(3)15-6)17-11-9(12)4-8(13)5-14-11/h4-5H,1-3H3. The second-order valence-corrected chi connectivity index (χ2v) is 4.96. The Hall–Kier alpha value is -1.07. The molecule has 0 amide bonds. The molecule has 0 unspecified atom stereocenters. The molecule has 0 bridgehead atoms. The summed E-state index contributed by atoms with van der Waals surface area (Å²) in [5, 5.41) is 4.84. The van der Waals surface area contributed by atoms with Crippen LogP contribution in [0.1, 0.15) is 11.4 Å². The molecular formula is C11H11BrClN3O. The first-order valence-electron chi connectivity index (χ1n) is 4.98. The first-order valence-corrected chi connectivity index (χ1v) is 6.15. The van der Waals surface area contributed by atoms with Gasteiger partial charge in [0.15, 0.2) is 5.75 Å². The van der Waals surface area contributed by atoms with E-state index in [1.54, 1.807) is 16.9 Å². The zero-order valence-electron chi connectivity index (χ0n) is 9.66. The molecule has 0 fully saturated rings. The maximum Gasteiger partial charge on any atom is 0.233 e. The van der Waals surface area contributed by atoms with E-state index in [1.807, 2.05) is 20.9 Å². The highest BCUT2D eigenvalue weighted by Gasteiger charge is 2.14. The van der Waals surface area contributed by atoms with E-state index in [4.69, 9.17) is 16.3 Å². The number of aromatic nitrogens is 3. The Labute approximate surface area is 113 Å². The van der Waals surface area contributed by atoms with Crippen LogP contribution in [-0.2, 0) is 7.05 Å². The minimum Gasteiger partial charge on any atom is -0.434 e. The van der Waals surface area contributed by atoms with E-state index < -0.39 is 0 Å². The van der Waals surface area contributed by atoms with Crippen LogP contribution in [0.4, 0.5) is 0 Å². The lowest BCUT2D eigenvalue weighted by Crippen LogP contribution is -1.94. The Morgan fingerprint density at radius 3 is 2.65 bits per heavy atom. The van der Waals surface area contributed by atoms with Crippen LogP contribution in [0.5, 0.6) is 11.6 Å². The minimum atomic E-state index is 0.480. The van der Waals surface area contributed by atoms with E-state index >= 15 is 0 Å². The van der Waals surface area contributed by atoms with Crippen LogP contribution < -0.4 is 4.74 Å². The fourth-order valence-corrected chi connectivity index (χ4v) is 2.20. The van der Waals surface area contributed by atoms with Crippen molar-refractivity contribution in [3.8, 4) is 11.6 Å². The largest absolute Gasteiger partial charge is 0.434 e. The van der Waals surface area contributed by atoms with Crippen molar-refractivity contribution < 1.29 is 4.74 Å². The summed E-state index contributed by atoms with van der Waals surface area (Å²) in [5.41, 5.74) is 1.78. The van der Waals surface area contributed by atoms with Crippen LogP contribution in [0.15, 0.2) is 16.7 Å². The summed E-state index contributed by atoms with van der Waals surface area (Å²) < 4.78 is 8.23. The van der Waals surface area contributed by atoms with Gasteiger partial charge < -0.3 is 4.74 Å². The van der Waals surface area contributed by atoms with E-state index in [-0.39, 0.29) is 0 Å². The fraction of sp³-hybridized carbons (Fsp3) is 0.273. The van der Waals surface area contributed by atoms with Crippen molar-refractivity contribution in [3.63, 3.8) is 0 Å². The molecule has 2 heterocycles. The lowest BCUT2D eigenvalue weighted by Gasteiger charge is -2.06. The molecule has 0 saturated heterocycles. The molecule has 0 aliphatic rings. The Morgan fingerprint density at radius 1 is 1.41 bits per heavy atom. The summed E-state index contributed by atoms with van der Waals surface area (Å²) in [7, 11) is 1.87. The van der Waals surface area contributed by atoms with E-state index in [0.717, 1.165) is 17.1 Å². The smallest absolute Gasteiger partial charge is 0.233 e. The Morgan fingerprint density at radius 2 is 2.12 bits per heavy atom. The molecule has 4 nitrogen and oxygen atoms in total. The molecule has 90 valence electrons. The zero-order chi connectivity index (χ0) is 12.6. The molecule has 2 aromatic rings. The second-order valence-electron chi connectivity index (χ2n) is 3.67. The Balaban J connectivity index is 2.38. The topological polar surface area (TPSA) is 39.9 Å². The molecule has 0 atom stereocenters. The maximum absolute atomic E-state index is 5.82. The first kappa shape index (κ1) is 12.4. The third-order valence-electron chi connectivity index (χ3n) is 2.42. The number of pyridine rings is 1. The summed E-state index contributed by atoms with van der Waals surface area (Å²) in [6.45, 7) is 3.84. The number of halogens is 2. The minimum absolute atomic E-state index is 0.480. The van der Waals surface area contributed by atoms with Crippen molar-refractivity contribution in [2.45, 2.75) is 13.8 Å². The lowest BCUT2D eigenvalue weighted by molar-refractivity contribution is 0.452. The average molecular weight is 317 g/mol. The number of rotatable bonds is 2. The third-order valence-corrected chi connectivity index (χ3v) is 3.19. The van der Waals surface area contributed by atoms with Crippen molar-refractivity contribution in [2.24, 2.45) is 7.05 Å².